The molecule has 1 atom stereocenters. The molecular weight excluding hydrogens is 262 g/mol. The number of methoxy groups -OCH3 is 1. The van der Waals surface area contributed by atoms with Crippen LogP contribution in [0.4, 0.5) is 0 Å². The Balaban J connectivity index is 2.41. The van der Waals surface area contributed by atoms with Crippen molar-refractivity contribution in [3.63, 3.8) is 0 Å². The Morgan fingerprint density at radius 1 is 1.29 bits per heavy atom. The summed E-state index contributed by atoms with van der Waals surface area (Å²) < 4.78 is 7.38. The van der Waals surface area contributed by atoms with Crippen LogP contribution in [0.3, 0.4) is 0 Å². The van der Waals surface area contributed by atoms with Crippen molar-refractivity contribution in [2.45, 2.75) is 26.2 Å². The number of ether oxygens (including phenoxy) is 1. The molecule has 1 aromatic heterocycles. The maximum Gasteiger partial charge on any atom is 0.0994 e. The minimum Gasteiger partial charge on any atom is -0.384 e. The molecule has 21 heavy (non-hydrogen) atoms. The Morgan fingerprint density at radius 3 is 2.71 bits per heavy atom. The molecule has 2 rings (SSSR count). The molecular formula is C17H25N3O. The Bertz CT molecular complexity index is 563. The van der Waals surface area contributed by atoms with E-state index in [0.717, 1.165) is 6.42 Å². The first kappa shape index (κ1) is 15.7. The minimum absolute atomic E-state index is 0.308. The van der Waals surface area contributed by atoms with Gasteiger partial charge in [0.2, 0.25) is 0 Å². The lowest BCUT2D eigenvalue weighted by atomic mass is 9.92. The van der Waals surface area contributed by atoms with Crippen molar-refractivity contribution in [1.82, 2.24) is 9.55 Å². The zero-order chi connectivity index (χ0) is 15.2. The van der Waals surface area contributed by atoms with Gasteiger partial charge in [-0.3, -0.25) is 0 Å². The van der Waals surface area contributed by atoms with E-state index >= 15 is 0 Å². The molecule has 0 aliphatic carbocycles. The van der Waals surface area contributed by atoms with Gasteiger partial charge in [0.05, 0.1) is 18.6 Å². The molecule has 0 bridgehead atoms. The molecule has 1 unspecified atom stereocenters. The van der Waals surface area contributed by atoms with E-state index in [4.69, 9.17) is 10.5 Å². The van der Waals surface area contributed by atoms with E-state index < -0.39 is 0 Å². The fourth-order valence-electron chi connectivity index (χ4n) is 2.68. The van der Waals surface area contributed by atoms with E-state index in [0.29, 0.717) is 25.0 Å². The van der Waals surface area contributed by atoms with Crippen molar-refractivity contribution in [2.24, 2.45) is 11.7 Å². The maximum absolute atomic E-state index is 5.97. The van der Waals surface area contributed by atoms with Crippen LogP contribution in [0.2, 0.25) is 0 Å². The maximum atomic E-state index is 5.97. The smallest absolute Gasteiger partial charge is 0.0994 e. The van der Waals surface area contributed by atoms with Crippen LogP contribution in [0.5, 0.6) is 0 Å². The van der Waals surface area contributed by atoms with Gasteiger partial charge >= 0.3 is 0 Å². The molecule has 2 N–H and O–H groups in total. The fourth-order valence-corrected chi connectivity index (χ4v) is 2.68. The van der Waals surface area contributed by atoms with Crippen molar-refractivity contribution in [3.05, 3.63) is 48.0 Å². The molecule has 0 saturated heterocycles. The largest absolute Gasteiger partial charge is 0.384 e. The molecule has 4 nitrogen and oxygen atoms in total. The summed E-state index contributed by atoms with van der Waals surface area (Å²) in [6, 6.07) is 8.39. The average Bonchev–Trinajstić information content (AvgIpc) is 2.95. The second kappa shape index (κ2) is 7.38. The summed E-state index contributed by atoms with van der Waals surface area (Å²) in [5.74, 6) is 0.791. The van der Waals surface area contributed by atoms with Gasteiger partial charge in [0.25, 0.3) is 0 Å². The SMILES string of the molecule is COCCc1ccccc1-n1cncc1C(CN)C(C)C. The zero-order valence-electron chi connectivity index (χ0n) is 13.1. The summed E-state index contributed by atoms with van der Waals surface area (Å²) in [5.41, 5.74) is 9.58. The molecule has 4 heteroatoms. The molecule has 0 saturated carbocycles. The fraction of sp³-hybridized carbons (Fsp3) is 0.471. The first-order valence-corrected chi connectivity index (χ1v) is 7.48. The molecule has 0 amide bonds. The van der Waals surface area contributed by atoms with Crippen LogP contribution in [-0.2, 0) is 11.2 Å². The van der Waals surface area contributed by atoms with E-state index in [1.54, 1.807) is 7.11 Å². The first-order valence-electron chi connectivity index (χ1n) is 7.48. The summed E-state index contributed by atoms with van der Waals surface area (Å²) in [4.78, 5) is 4.35. The van der Waals surface area contributed by atoms with Crippen molar-refractivity contribution >= 4 is 0 Å². The van der Waals surface area contributed by atoms with Gasteiger partial charge in [0.15, 0.2) is 0 Å². The summed E-state index contributed by atoms with van der Waals surface area (Å²) in [7, 11) is 1.73. The molecule has 0 aliphatic heterocycles. The number of benzene rings is 1. The van der Waals surface area contributed by atoms with Crippen molar-refractivity contribution in [2.75, 3.05) is 20.3 Å². The topological polar surface area (TPSA) is 53.1 Å². The highest BCUT2D eigenvalue weighted by molar-refractivity contribution is 5.43. The van der Waals surface area contributed by atoms with Gasteiger partial charge < -0.3 is 15.0 Å². The zero-order valence-corrected chi connectivity index (χ0v) is 13.1. The van der Waals surface area contributed by atoms with Gasteiger partial charge in [-0.05, 0) is 24.0 Å². The Hall–Kier alpha value is -1.65. The van der Waals surface area contributed by atoms with Crippen LogP contribution in [0.15, 0.2) is 36.8 Å². The van der Waals surface area contributed by atoms with Crippen LogP contribution in [-0.4, -0.2) is 29.8 Å². The average molecular weight is 287 g/mol. The van der Waals surface area contributed by atoms with E-state index in [2.05, 4.69) is 47.7 Å². The Morgan fingerprint density at radius 2 is 2.05 bits per heavy atom. The van der Waals surface area contributed by atoms with E-state index in [1.165, 1.54) is 16.9 Å². The first-order chi connectivity index (χ1) is 10.2. The van der Waals surface area contributed by atoms with Crippen LogP contribution >= 0.6 is 0 Å². The lowest BCUT2D eigenvalue weighted by Gasteiger charge is -2.22. The van der Waals surface area contributed by atoms with Crippen molar-refractivity contribution in [1.29, 1.82) is 0 Å². The number of para-hydroxylation sites is 1. The van der Waals surface area contributed by atoms with Crippen molar-refractivity contribution < 1.29 is 4.74 Å². The van der Waals surface area contributed by atoms with Gasteiger partial charge in [-0.1, -0.05) is 32.0 Å². The van der Waals surface area contributed by atoms with Gasteiger partial charge in [0, 0.05) is 31.5 Å². The monoisotopic (exact) mass is 287 g/mol. The molecule has 0 spiro atoms. The summed E-state index contributed by atoms with van der Waals surface area (Å²) in [6.45, 7) is 5.74. The van der Waals surface area contributed by atoms with E-state index in [9.17, 15) is 0 Å². The number of hydrogen-bond donors (Lipinski definition) is 1. The van der Waals surface area contributed by atoms with Gasteiger partial charge in [-0.15, -0.1) is 0 Å². The highest BCUT2D eigenvalue weighted by Gasteiger charge is 2.19. The lowest BCUT2D eigenvalue weighted by Crippen LogP contribution is -2.20. The predicted molar refractivity (Wildman–Crippen MR) is 85.8 cm³/mol. The second-order valence-corrected chi connectivity index (χ2v) is 5.65. The standard InChI is InChI=1S/C17H25N3O/c1-13(2)15(10-18)17-11-19-12-20(17)16-7-5-4-6-14(16)8-9-21-3/h4-7,11-13,15H,8-10,18H2,1-3H3. The minimum atomic E-state index is 0.308. The molecule has 2 aromatic rings. The van der Waals surface area contributed by atoms with Gasteiger partial charge in [-0.25, -0.2) is 4.98 Å². The number of imidazole rings is 1. The molecule has 114 valence electrons. The Labute approximate surface area is 127 Å². The van der Waals surface area contributed by atoms with Crippen LogP contribution in [0.25, 0.3) is 5.69 Å². The van der Waals surface area contributed by atoms with Crippen molar-refractivity contribution in [3.8, 4) is 5.69 Å². The predicted octanol–water partition coefficient (Wildman–Crippen LogP) is 2.76. The molecule has 0 aliphatic rings. The summed E-state index contributed by atoms with van der Waals surface area (Å²) in [5, 5.41) is 0. The number of nitrogens with zero attached hydrogens (tertiary/aromatic N) is 2. The van der Waals surface area contributed by atoms with E-state index in [-0.39, 0.29) is 0 Å². The highest BCUT2D eigenvalue weighted by atomic mass is 16.5. The summed E-state index contributed by atoms with van der Waals surface area (Å²) >= 11 is 0. The van der Waals surface area contributed by atoms with E-state index in [1.807, 2.05) is 12.5 Å². The Kier molecular flexibility index (Phi) is 5.53. The molecule has 0 fully saturated rings. The normalized spacial score (nSPS) is 12.8. The number of hydrogen-bond acceptors (Lipinski definition) is 3. The molecule has 0 radical (unpaired) electrons. The van der Waals surface area contributed by atoms with Crippen LogP contribution < -0.4 is 5.73 Å². The van der Waals surface area contributed by atoms with Crippen LogP contribution in [0.1, 0.15) is 31.0 Å². The summed E-state index contributed by atoms with van der Waals surface area (Å²) in [6.07, 6.45) is 4.70. The lowest BCUT2D eigenvalue weighted by molar-refractivity contribution is 0.202. The highest BCUT2D eigenvalue weighted by Crippen LogP contribution is 2.26. The third-order valence-corrected chi connectivity index (χ3v) is 3.93. The number of rotatable bonds is 7. The van der Waals surface area contributed by atoms with Crippen LogP contribution in [0, 0.1) is 5.92 Å². The van der Waals surface area contributed by atoms with Gasteiger partial charge in [0.1, 0.15) is 0 Å². The second-order valence-electron chi connectivity index (χ2n) is 5.65. The number of nitrogens with two attached hydrogens (primary N) is 1. The molecule has 1 aromatic carbocycles. The third-order valence-electron chi connectivity index (χ3n) is 3.93. The number of aromatic nitrogens is 2. The molecule has 1 heterocycles. The quantitative estimate of drug-likeness (QED) is 0.852. The van der Waals surface area contributed by atoms with Gasteiger partial charge in [-0.2, -0.15) is 0 Å². The third kappa shape index (κ3) is 3.52.